The summed E-state index contributed by atoms with van der Waals surface area (Å²) in [6, 6.07) is 5.46. The molecule has 1 aromatic rings. The van der Waals surface area contributed by atoms with Crippen molar-refractivity contribution in [2.75, 3.05) is 13.7 Å². The van der Waals surface area contributed by atoms with Gasteiger partial charge in [0.25, 0.3) is 0 Å². The molecule has 0 bridgehead atoms. The van der Waals surface area contributed by atoms with E-state index < -0.39 is 11.4 Å². The average molecular weight is 222 g/mol. The summed E-state index contributed by atoms with van der Waals surface area (Å²) in [4.78, 5) is 11.1. The second-order valence-corrected chi connectivity index (χ2v) is 4.30. The molecule has 0 radical (unpaired) electrons. The van der Waals surface area contributed by atoms with Crippen LogP contribution < -0.4 is 9.47 Å². The van der Waals surface area contributed by atoms with Crippen molar-refractivity contribution in [1.29, 1.82) is 0 Å². The fourth-order valence-corrected chi connectivity index (χ4v) is 1.79. The quantitative estimate of drug-likeness (QED) is 0.827. The van der Waals surface area contributed by atoms with Crippen LogP contribution in [0.3, 0.4) is 0 Å². The van der Waals surface area contributed by atoms with Gasteiger partial charge in [0.2, 0.25) is 0 Å². The van der Waals surface area contributed by atoms with Crippen molar-refractivity contribution in [2.24, 2.45) is 5.41 Å². The smallest absolute Gasteiger partial charge is 0.313 e. The first-order chi connectivity index (χ1) is 7.55. The number of benzene rings is 1. The zero-order valence-corrected chi connectivity index (χ0v) is 9.32. The Kier molecular flexibility index (Phi) is 2.50. The minimum absolute atomic E-state index is 0.197. The van der Waals surface area contributed by atoms with Crippen LogP contribution in [-0.4, -0.2) is 24.8 Å². The van der Waals surface area contributed by atoms with E-state index in [9.17, 15) is 4.79 Å². The van der Waals surface area contributed by atoms with Crippen molar-refractivity contribution < 1.29 is 19.4 Å². The van der Waals surface area contributed by atoms with Crippen molar-refractivity contribution in [1.82, 2.24) is 0 Å². The first-order valence-corrected chi connectivity index (χ1v) is 5.08. The molecule has 1 unspecified atom stereocenters. The van der Waals surface area contributed by atoms with Crippen LogP contribution in [0.15, 0.2) is 18.2 Å². The lowest BCUT2D eigenvalue weighted by Crippen LogP contribution is -2.39. The van der Waals surface area contributed by atoms with Crippen LogP contribution in [0.4, 0.5) is 0 Å². The van der Waals surface area contributed by atoms with Gasteiger partial charge < -0.3 is 14.6 Å². The predicted octanol–water partition coefficient (Wildman–Crippen LogP) is 1.72. The summed E-state index contributed by atoms with van der Waals surface area (Å²) in [5.41, 5.74) is 0.0821. The molecule has 16 heavy (non-hydrogen) atoms. The van der Waals surface area contributed by atoms with E-state index in [1.807, 2.05) is 12.1 Å². The first-order valence-electron chi connectivity index (χ1n) is 5.08. The number of methoxy groups -OCH3 is 1. The van der Waals surface area contributed by atoms with Gasteiger partial charge in [-0.25, -0.2) is 0 Å². The molecular formula is C12H14O4. The molecule has 1 heterocycles. The Hall–Kier alpha value is -1.71. The average Bonchev–Trinajstić information content (AvgIpc) is 2.28. The van der Waals surface area contributed by atoms with Crippen LogP contribution in [0.1, 0.15) is 12.5 Å². The summed E-state index contributed by atoms with van der Waals surface area (Å²) in [5, 5.41) is 9.12. The van der Waals surface area contributed by atoms with Gasteiger partial charge in [-0.15, -0.1) is 0 Å². The molecule has 1 aliphatic heterocycles. The summed E-state index contributed by atoms with van der Waals surface area (Å²) in [6.07, 6.45) is 0.488. The Balaban J connectivity index is 2.32. The first kappa shape index (κ1) is 10.8. The SMILES string of the molecule is COc1ccc2c(c1)OCC(C)(C(=O)O)C2. The van der Waals surface area contributed by atoms with Gasteiger partial charge in [-0.2, -0.15) is 0 Å². The Morgan fingerprint density at radius 2 is 2.31 bits per heavy atom. The number of hydrogen-bond acceptors (Lipinski definition) is 3. The molecule has 0 spiro atoms. The highest BCUT2D eigenvalue weighted by Gasteiger charge is 2.38. The van der Waals surface area contributed by atoms with Crippen molar-refractivity contribution in [3.8, 4) is 11.5 Å². The Morgan fingerprint density at radius 3 is 2.94 bits per heavy atom. The molecule has 0 aliphatic carbocycles. The highest BCUT2D eigenvalue weighted by atomic mass is 16.5. The second-order valence-electron chi connectivity index (χ2n) is 4.30. The lowest BCUT2D eigenvalue weighted by molar-refractivity contribution is -0.150. The van der Waals surface area contributed by atoms with Crippen molar-refractivity contribution >= 4 is 5.97 Å². The van der Waals surface area contributed by atoms with Crippen LogP contribution in [0.5, 0.6) is 11.5 Å². The van der Waals surface area contributed by atoms with E-state index in [1.165, 1.54) is 0 Å². The second kappa shape index (κ2) is 3.70. The lowest BCUT2D eigenvalue weighted by Gasteiger charge is -2.31. The normalized spacial score (nSPS) is 23.1. The zero-order valence-electron chi connectivity index (χ0n) is 9.32. The number of ether oxygens (including phenoxy) is 2. The van der Waals surface area contributed by atoms with E-state index in [4.69, 9.17) is 14.6 Å². The molecule has 1 N–H and O–H groups in total. The van der Waals surface area contributed by atoms with Gasteiger partial charge in [-0.05, 0) is 25.0 Å². The summed E-state index contributed by atoms with van der Waals surface area (Å²) in [5.74, 6) is 0.615. The Labute approximate surface area is 93.8 Å². The molecule has 2 rings (SSSR count). The maximum absolute atomic E-state index is 11.1. The van der Waals surface area contributed by atoms with Crippen LogP contribution in [-0.2, 0) is 11.2 Å². The Bertz CT molecular complexity index is 427. The number of carboxylic acid groups (broad SMARTS) is 1. The van der Waals surface area contributed by atoms with E-state index in [1.54, 1.807) is 20.1 Å². The highest BCUT2D eigenvalue weighted by Crippen LogP contribution is 2.36. The fraction of sp³-hybridized carbons (Fsp3) is 0.417. The van der Waals surface area contributed by atoms with Gasteiger partial charge in [0.15, 0.2) is 0 Å². The number of hydrogen-bond donors (Lipinski definition) is 1. The topological polar surface area (TPSA) is 55.8 Å². The van der Waals surface area contributed by atoms with Crippen molar-refractivity contribution in [3.63, 3.8) is 0 Å². The molecule has 0 amide bonds. The maximum atomic E-state index is 11.1. The summed E-state index contributed by atoms with van der Waals surface area (Å²) < 4.78 is 10.6. The maximum Gasteiger partial charge on any atom is 0.313 e. The Morgan fingerprint density at radius 1 is 1.56 bits per heavy atom. The molecule has 1 aliphatic rings. The minimum Gasteiger partial charge on any atom is -0.497 e. The van der Waals surface area contributed by atoms with E-state index in [2.05, 4.69) is 0 Å². The summed E-state index contributed by atoms with van der Waals surface area (Å²) in [7, 11) is 1.59. The standard InChI is InChI=1S/C12H14O4/c1-12(11(13)14)6-8-3-4-9(15-2)5-10(8)16-7-12/h3-5H,6-7H2,1-2H3,(H,13,14). The number of carboxylic acids is 1. The third kappa shape index (κ3) is 1.71. The minimum atomic E-state index is -0.832. The third-order valence-electron chi connectivity index (χ3n) is 2.92. The van der Waals surface area contributed by atoms with Gasteiger partial charge in [-0.1, -0.05) is 6.07 Å². The zero-order chi connectivity index (χ0) is 11.8. The highest BCUT2D eigenvalue weighted by molar-refractivity contribution is 5.75. The summed E-state index contributed by atoms with van der Waals surface area (Å²) in [6.45, 7) is 1.89. The van der Waals surface area contributed by atoms with Crippen LogP contribution in [0, 0.1) is 5.41 Å². The van der Waals surface area contributed by atoms with Gasteiger partial charge in [-0.3, -0.25) is 4.79 Å². The van der Waals surface area contributed by atoms with Gasteiger partial charge in [0.1, 0.15) is 23.5 Å². The van der Waals surface area contributed by atoms with Gasteiger partial charge >= 0.3 is 5.97 Å². The molecule has 0 saturated carbocycles. The molecule has 4 nitrogen and oxygen atoms in total. The van der Waals surface area contributed by atoms with Gasteiger partial charge in [0, 0.05) is 6.07 Å². The van der Waals surface area contributed by atoms with E-state index in [0.29, 0.717) is 6.42 Å². The number of rotatable bonds is 2. The van der Waals surface area contributed by atoms with Crippen molar-refractivity contribution in [2.45, 2.75) is 13.3 Å². The summed E-state index contributed by atoms with van der Waals surface area (Å²) >= 11 is 0. The molecule has 0 aromatic heterocycles. The van der Waals surface area contributed by atoms with Gasteiger partial charge in [0.05, 0.1) is 7.11 Å². The number of fused-ring (bicyclic) bond motifs is 1. The fourth-order valence-electron chi connectivity index (χ4n) is 1.79. The van der Waals surface area contributed by atoms with E-state index in [-0.39, 0.29) is 6.61 Å². The van der Waals surface area contributed by atoms with Crippen LogP contribution in [0.25, 0.3) is 0 Å². The molecule has 1 atom stereocenters. The number of aliphatic carboxylic acids is 1. The third-order valence-corrected chi connectivity index (χ3v) is 2.92. The molecular weight excluding hydrogens is 208 g/mol. The molecule has 1 aromatic carbocycles. The van der Waals surface area contributed by atoms with E-state index >= 15 is 0 Å². The largest absolute Gasteiger partial charge is 0.497 e. The lowest BCUT2D eigenvalue weighted by atomic mass is 9.82. The van der Waals surface area contributed by atoms with E-state index in [0.717, 1.165) is 17.1 Å². The van der Waals surface area contributed by atoms with Crippen LogP contribution in [0.2, 0.25) is 0 Å². The monoisotopic (exact) mass is 222 g/mol. The molecule has 0 saturated heterocycles. The molecule has 0 fully saturated rings. The van der Waals surface area contributed by atoms with Crippen LogP contribution >= 0.6 is 0 Å². The molecule has 86 valence electrons. The predicted molar refractivity (Wildman–Crippen MR) is 57.9 cm³/mol. The molecule has 4 heteroatoms. The van der Waals surface area contributed by atoms with Crippen molar-refractivity contribution in [3.05, 3.63) is 23.8 Å². The number of carbonyl (C=O) groups is 1.